The molecule has 0 aliphatic carbocycles. The van der Waals surface area contributed by atoms with Gasteiger partial charge in [-0.25, -0.2) is 0 Å². The van der Waals surface area contributed by atoms with E-state index in [9.17, 15) is 0 Å². The molecule has 0 saturated carbocycles. The molecule has 0 aromatic carbocycles. The molecule has 0 bridgehead atoms. The second-order valence-electron chi connectivity index (χ2n) is 1.98. The SMILES string of the molecule is C#Cc1scc2c1OC(=C)O2. The molecule has 0 N–H and O–H groups in total. The Morgan fingerprint density at radius 1 is 1.55 bits per heavy atom. The van der Waals surface area contributed by atoms with Crippen LogP contribution in [-0.2, 0) is 0 Å². The molecule has 0 unspecified atom stereocenters. The van der Waals surface area contributed by atoms with Crippen LogP contribution in [0, 0.1) is 12.3 Å². The van der Waals surface area contributed by atoms with Crippen LogP contribution in [-0.4, -0.2) is 0 Å². The van der Waals surface area contributed by atoms with Crippen molar-refractivity contribution in [3.63, 3.8) is 0 Å². The van der Waals surface area contributed by atoms with Gasteiger partial charge in [-0.15, -0.1) is 17.8 Å². The van der Waals surface area contributed by atoms with E-state index >= 15 is 0 Å². The minimum Gasteiger partial charge on any atom is -0.421 e. The van der Waals surface area contributed by atoms with Crippen molar-refractivity contribution in [3.05, 3.63) is 22.8 Å². The van der Waals surface area contributed by atoms with Crippen molar-refractivity contribution in [2.24, 2.45) is 0 Å². The third-order valence-corrected chi connectivity index (χ3v) is 2.16. The lowest BCUT2D eigenvalue weighted by Gasteiger charge is -1.92. The Morgan fingerprint density at radius 2 is 2.36 bits per heavy atom. The predicted molar refractivity (Wildman–Crippen MR) is 42.7 cm³/mol. The molecular formula is C8H4O2S. The fourth-order valence-electron chi connectivity index (χ4n) is 0.855. The number of hydrogen-bond acceptors (Lipinski definition) is 3. The zero-order valence-electron chi connectivity index (χ0n) is 5.59. The van der Waals surface area contributed by atoms with E-state index in [1.165, 1.54) is 11.3 Å². The first-order valence-corrected chi connectivity index (χ1v) is 3.82. The van der Waals surface area contributed by atoms with Crippen molar-refractivity contribution >= 4 is 11.3 Å². The second kappa shape index (κ2) is 2.04. The van der Waals surface area contributed by atoms with Crippen LogP contribution in [0.25, 0.3) is 0 Å². The molecule has 0 amide bonds. The average Bonchev–Trinajstić information content (AvgIpc) is 2.45. The Kier molecular flexibility index (Phi) is 1.17. The molecule has 54 valence electrons. The van der Waals surface area contributed by atoms with E-state index in [2.05, 4.69) is 12.5 Å². The molecule has 1 aliphatic rings. The van der Waals surface area contributed by atoms with Gasteiger partial charge in [0.25, 0.3) is 5.95 Å². The predicted octanol–water partition coefficient (Wildman–Crippen LogP) is 1.97. The summed E-state index contributed by atoms with van der Waals surface area (Å²) >= 11 is 1.43. The van der Waals surface area contributed by atoms with Crippen LogP contribution in [0.3, 0.4) is 0 Å². The summed E-state index contributed by atoms with van der Waals surface area (Å²) in [5.41, 5.74) is 0. The lowest BCUT2D eigenvalue weighted by atomic mass is 10.4. The summed E-state index contributed by atoms with van der Waals surface area (Å²) in [4.78, 5) is 0.749. The van der Waals surface area contributed by atoms with E-state index in [1.807, 2.05) is 5.38 Å². The van der Waals surface area contributed by atoms with Gasteiger partial charge in [0, 0.05) is 5.38 Å². The van der Waals surface area contributed by atoms with E-state index in [0.717, 1.165) is 4.88 Å². The van der Waals surface area contributed by atoms with Crippen LogP contribution in [0.2, 0.25) is 0 Å². The molecular weight excluding hydrogens is 160 g/mol. The average molecular weight is 164 g/mol. The van der Waals surface area contributed by atoms with Gasteiger partial charge < -0.3 is 9.47 Å². The van der Waals surface area contributed by atoms with Gasteiger partial charge in [0.2, 0.25) is 0 Å². The van der Waals surface area contributed by atoms with Crippen molar-refractivity contribution in [2.45, 2.75) is 0 Å². The number of terminal acetylenes is 1. The van der Waals surface area contributed by atoms with Crippen molar-refractivity contribution in [2.75, 3.05) is 0 Å². The number of hydrogen-bond donors (Lipinski definition) is 0. The second-order valence-corrected chi connectivity index (χ2v) is 2.86. The first-order chi connectivity index (χ1) is 5.31. The van der Waals surface area contributed by atoms with Gasteiger partial charge in [-0.2, -0.15) is 0 Å². The largest absolute Gasteiger partial charge is 0.421 e. The summed E-state index contributed by atoms with van der Waals surface area (Å²) in [5, 5.41) is 1.81. The Hall–Kier alpha value is -1.40. The first-order valence-electron chi connectivity index (χ1n) is 2.94. The van der Waals surface area contributed by atoms with Crippen LogP contribution < -0.4 is 9.47 Å². The third kappa shape index (κ3) is 0.803. The van der Waals surface area contributed by atoms with Crippen LogP contribution in [0.4, 0.5) is 0 Å². The number of thiophene rings is 1. The Morgan fingerprint density at radius 3 is 3.09 bits per heavy atom. The number of ether oxygens (including phenoxy) is 2. The van der Waals surface area contributed by atoms with E-state index in [-0.39, 0.29) is 0 Å². The van der Waals surface area contributed by atoms with Gasteiger partial charge in [0.05, 0.1) is 0 Å². The molecule has 1 aromatic rings. The summed E-state index contributed by atoms with van der Waals surface area (Å²) in [6.07, 6.45) is 5.21. The van der Waals surface area contributed by atoms with E-state index < -0.39 is 0 Å². The van der Waals surface area contributed by atoms with Crippen molar-refractivity contribution < 1.29 is 9.47 Å². The minimum absolute atomic E-state index is 0.291. The summed E-state index contributed by atoms with van der Waals surface area (Å²) in [5.74, 6) is 4.09. The molecule has 0 atom stereocenters. The highest BCUT2D eigenvalue weighted by Crippen LogP contribution is 2.42. The maximum absolute atomic E-state index is 5.21. The summed E-state index contributed by atoms with van der Waals surface area (Å²) in [6, 6.07) is 0. The molecule has 0 fully saturated rings. The quantitative estimate of drug-likeness (QED) is 0.546. The summed E-state index contributed by atoms with van der Waals surface area (Å²) in [6.45, 7) is 3.51. The molecule has 2 nitrogen and oxygen atoms in total. The van der Waals surface area contributed by atoms with Crippen molar-refractivity contribution in [1.29, 1.82) is 0 Å². The molecule has 3 heteroatoms. The zero-order chi connectivity index (χ0) is 7.84. The highest BCUT2D eigenvalue weighted by molar-refractivity contribution is 7.11. The smallest absolute Gasteiger partial charge is 0.283 e. The van der Waals surface area contributed by atoms with Gasteiger partial charge in [0.1, 0.15) is 4.88 Å². The van der Waals surface area contributed by atoms with Crippen LogP contribution in [0.5, 0.6) is 11.5 Å². The monoisotopic (exact) mass is 164 g/mol. The Bertz CT molecular complexity index is 357. The number of fused-ring (bicyclic) bond motifs is 1. The highest BCUT2D eigenvalue weighted by Gasteiger charge is 2.22. The van der Waals surface area contributed by atoms with Crippen LogP contribution in [0.15, 0.2) is 17.9 Å². The van der Waals surface area contributed by atoms with E-state index in [4.69, 9.17) is 15.9 Å². The van der Waals surface area contributed by atoms with Gasteiger partial charge in [-0.05, 0) is 6.58 Å². The standard InChI is InChI=1S/C8H4O2S/c1-3-7-8-6(4-11-7)9-5(2)10-8/h1,4H,2H2. The lowest BCUT2D eigenvalue weighted by molar-refractivity contribution is 0.290. The van der Waals surface area contributed by atoms with Crippen molar-refractivity contribution in [1.82, 2.24) is 0 Å². The third-order valence-electron chi connectivity index (χ3n) is 1.28. The molecule has 0 spiro atoms. The van der Waals surface area contributed by atoms with Crippen LogP contribution >= 0.6 is 11.3 Å². The Labute approximate surface area is 68.1 Å². The molecule has 0 saturated heterocycles. The minimum atomic E-state index is 0.291. The van der Waals surface area contributed by atoms with Gasteiger partial charge in [0.15, 0.2) is 11.5 Å². The van der Waals surface area contributed by atoms with Gasteiger partial charge in [-0.3, -0.25) is 0 Å². The first kappa shape index (κ1) is 6.32. The molecule has 11 heavy (non-hydrogen) atoms. The summed E-state index contributed by atoms with van der Waals surface area (Å²) in [7, 11) is 0. The fourth-order valence-corrected chi connectivity index (χ4v) is 1.55. The zero-order valence-corrected chi connectivity index (χ0v) is 6.40. The molecule has 1 aliphatic heterocycles. The van der Waals surface area contributed by atoms with Crippen LogP contribution in [0.1, 0.15) is 4.88 Å². The molecule has 1 aromatic heterocycles. The normalized spacial score (nSPS) is 13.2. The van der Waals surface area contributed by atoms with Crippen molar-refractivity contribution in [3.8, 4) is 23.8 Å². The maximum atomic E-state index is 5.21. The Balaban J connectivity index is 2.54. The van der Waals surface area contributed by atoms with E-state index in [0.29, 0.717) is 17.4 Å². The molecule has 0 radical (unpaired) electrons. The molecule has 2 rings (SSSR count). The van der Waals surface area contributed by atoms with Gasteiger partial charge in [-0.1, -0.05) is 5.92 Å². The maximum Gasteiger partial charge on any atom is 0.283 e. The number of rotatable bonds is 0. The summed E-state index contributed by atoms with van der Waals surface area (Å²) < 4.78 is 10.2. The van der Waals surface area contributed by atoms with E-state index in [1.54, 1.807) is 0 Å². The fraction of sp³-hybridized carbons (Fsp3) is 0. The van der Waals surface area contributed by atoms with Gasteiger partial charge >= 0.3 is 0 Å². The molecule has 2 heterocycles. The highest BCUT2D eigenvalue weighted by atomic mass is 32.1. The topological polar surface area (TPSA) is 18.5 Å². The lowest BCUT2D eigenvalue weighted by Crippen LogP contribution is -1.90.